The number of unbranched alkanes of at least 4 members (excludes halogenated alkanes) is 1. The second-order valence-electron chi connectivity index (χ2n) is 5.87. The molecule has 0 saturated carbocycles. The summed E-state index contributed by atoms with van der Waals surface area (Å²) in [7, 11) is 0. The Labute approximate surface area is 153 Å². The van der Waals surface area contributed by atoms with E-state index in [1.165, 1.54) is 11.3 Å². The van der Waals surface area contributed by atoms with Gasteiger partial charge in [0.05, 0.1) is 12.1 Å². The molecule has 23 heavy (non-hydrogen) atoms. The molecule has 0 fully saturated rings. The molecule has 0 aliphatic rings. The number of anilines is 1. The van der Waals surface area contributed by atoms with Crippen LogP contribution in [-0.4, -0.2) is 29.9 Å². The molecule has 1 aromatic heterocycles. The molecular formula is C14H26Cl2N4O2S. The molecule has 0 spiro atoms. The van der Waals surface area contributed by atoms with Crippen molar-refractivity contribution in [1.29, 1.82) is 0 Å². The van der Waals surface area contributed by atoms with E-state index in [-0.39, 0.29) is 43.0 Å². The van der Waals surface area contributed by atoms with Crippen LogP contribution in [0.25, 0.3) is 0 Å². The Morgan fingerprint density at radius 1 is 1.26 bits per heavy atom. The summed E-state index contributed by atoms with van der Waals surface area (Å²) in [5, 5.41) is 7.90. The van der Waals surface area contributed by atoms with Crippen LogP contribution in [0.15, 0.2) is 5.38 Å². The first-order valence-corrected chi connectivity index (χ1v) is 7.93. The third kappa shape index (κ3) is 9.76. The second kappa shape index (κ2) is 11.6. The molecule has 0 bridgehead atoms. The number of hydrogen-bond acceptors (Lipinski definition) is 5. The van der Waals surface area contributed by atoms with E-state index in [4.69, 9.17) is 5.73 Å². The number of amides is 2. The second-order valence-corrected chi connectivity index (χ2v) is 6.73. The number of aromatic nitrogens is 1. The first-order valence-electron chi connectivity index (χ1n) is 7.05. The van der Waals surface area contributed by atoms with Crippen molar-refractivity contribution in [2.75, 3.05) is 18.4 Å². The zero-order chi connectivity index (χ0) is 15.9. The van der Waals surface area contributed by atoms with Gasteiger partial charge in [-0.25, -0.2) is 4.98 Å². The number of nitrogens with two attached hydrogens (primary N) is 1. The molecule has 0 aliphatic carbocycles. The summed E-state index contributed by atoms with van der Waals surface area (Å²) in [6, 6.07) is 0. The molecule has 4 N–H and O–H groups in total. The van der Waals surface area contributed by atoms with Crippen LogP contribution in [-0.2, 0) is 16.0 Å². The maximum absolute atomic E-state index is 11.8. The number of rotatable bonds is 7. The monoisotopic (exact) mass is 384 g/mol. The van der Waals surface area contributed by atoms with Gasteiger partial charge in [0.15, 0.2) is 5.13 Å². The third-order valence-electron chi connectivity index (χ3n) is 2.75. The van der Waals surface area contributed by atoms with Crippen LogP contribution in [0.2, 0.25) is 0 Å². The van der Waals surface area contributed by atoms with Gasteiger partial charge in [-0.05, 0) is 19.4 Å². The fourth-order valence-corrected chi connectivity index (χ4v) is 2.16. The number of carbonyl (C=O) groups is 2. The van der Waals surface area contributed by atoms with E-state index in [1.54, 1.807) is 5.38 Å². The molecule has 0 saturated heterocycles. The Morgan fingerprint density at radius 2 is 1.91 bits per heavy atom. The van der Waals surface area contributed by atoms with E-state index in [1.807, 2.05) is 20.8 Å². The number of thiazole rings is 1. The maximum Gasteiger partial charge on any atom is 0.231 e. The number of nitrogens with zero attached hydrogens (tertiary/aromatic N) is 1. The molecule has 0 atom stereocenters. The fraction of sp³-hybridized carbons (Fsp3) is 0.643. The van der Waals surface area contributed by atoms with Gasteiger partial charge < -0.3 is 16.4 Å². The van der Waals surface area contributed by atoms with Crippen molar-refractivity contribution >= 4 is 53.1 Å². The maximum atomic E-state index is 11.8. The van der Waals surface area contributed by atoms with Gasteiger partial charge in [0.2, 0.25) is 11.8 Å². The Hall–Kier alpha value is -0.890. The minimum atomic E-state index is -0.466. The molecule has 0 aromatic carbocycles. The van der Waals surface area contributed by atoms with Crippen molar-refractivity contribution in [3.8, 4) is 0 Å². The van der Waals surface area contributed by atoms with Crippen LogP contribution in [0, 0.1) is 5.41 Å². The SMILES string of the molecule is CC(C)(C)C(=O)Nc1nc(CC(=O)NCCCCN)cs1.Cl.Cl. The molecule has 134 valence electrons. The number of halogens is 2. The van der Waals surface area contributed by atoms with Gasteiger partial charge >= 0.3 is 0 Å². The van der Waals surface area contributed by atoms with Gasteiger partial charge in [0.25, 0.3) is 0 Å². The molecular weight excluding hydrogens is 359 g/mol. The Kier molecular flexibility index (Phi) is 12.3. The lowest BCUT2D eigenvalue weighted by Gasteiger charge is -2.15. The highest BCUT2D eigenvalue weighted by Crippen LogP contribution is 2.20. The molecule has 0 aliphatic heterocycles. The van der Waals surface area contributed by atoms with Crippen LogP contribution in [0.5, 0.6) is 0 Å². The Morgan fingerprint density at radius 3 is 2.48 bits per heavy atom. The third-order valence-corrected chi connectivity index (χ3v) is 3.55. The van der Waals surface area contributed by atoms with Crippen LogP contribution in [0.3, 0.4) is 0 Å². The van der Waals surface area contributed by atoms with Crippen LogP contribution in [0.4, 0.5) is 5.13 Å². The van der Waals surface area contributed by atoms with Crippen molar-refractivity contribution < 1.29 is 9.59 Å². The number of hydrogen-bond donors (Lipinski definition) is 3. The largest absolute Gasteiger partial charge is 0.356 e. The molecule has 0 unspecified atom stereocenters. The van der Waals surface area contributed by atoms with E-state index in [9.17, 15) is 9.59 Å². The summed E-state index contributed by atoms with van der Waals surface area (Å²) >= 11 is 1.33. The minimum absolute atomic E-state index is 0. The summed E-state index contributed by atoms with van der Waals surface area (Å²) < 4.78 is 0. The molecule has 6 nitrogen and oxygen atoms in total. The lowest BCUT2D eigenvalue weighted by Crippen LogP contribution is -2.28. The average molecular weight is 385 g/mol. The smallest absolute Gasteiger partial charge is 0.231 e. The quantitative estimate of drug-likeness (QED) is 0.628. The first kappa shape index (κ1) is 24.4. The highest BCUT2D eigenvalue weighted by atomic mass is 35.5. The summed E-state index contributed by atoms with van der Waals surface area (Å²) in [5.41, 5.74) is 5.59. The zero-order valence-electron chi connectivity index (χ0n) is 13.7. The fourth-order valence-electron chi connectivity index (χ4n) is 1.45. The normalized spacial score (nSPS) is 10.3. The molecule has 1 aromatic rings. The molecule has 9 heteroatoms. The van der Waals surface area contributed by atoms with Gasteiger partial charge in [-0.1, -0.05) is 20.8 Å². The van der Waals surface area contributed by atoms with E-state index < -0.39 is 5.41 Å². The molecule has 1 rings (SSSR count). The van der Waals surface area contributed by atoms with Crippen molar-refractivity contribution in [2.45, 2.75) is 40.0 Å². The standard InChI is InChI=1S/C14H24N4O2S.2ClH/c1-14(2,3)12(20)18-13-17-10(9-21-13)8-11(19)16-7-5-4-6-15;;/h9H,4-8,15H2,1-3H3,(H,16,19)(H,17,18,20);2*1H. The summed E-state index contributed by atoms with van der Waals surface area (Å²) in [6.07, 6.45) is 2.01. The average Bonchev–Trinajstić information content (AvgIpc) is 2.81. The van der Waals surface area contributed by atoms with Gasteiger partial charge in [-0.15, -0.1) is 36.2 Å². The lowest BCUT2D eigenvalue weighted by molar-refractivity contribution is -0.123. The van der Waals surface area contributed by atoms with E-state index in [0.29, 0.717) is 23.9 Å². The summed E-state index contributed by atoms with van der Waals surface area (Å²) in [4.78, 5) is 27.8. The predicted molar refractivity (Wildman–Crippen MR) is 99.7 cm³/mol. The minimum Gasteiger partial charge on any atom is -0.356 e. The molecule has 0 radical (unpaired) electrons. The molecule has 1 heterocycles. The number of nitrogens with one attached hydrogen (secondary N) is 2. The summed E-state index contributed by atoms with van der Waals surface area (Å²) in [5.74, 6) is -0.152. The highest BCUT2D eigenvalue weighted by Gasteiger charge is 2.22. The van der Waals surface area contributed by atoms with Crippen molar-refractivity contribution in [2.24, 2.45) is 11.1 Å². The highest BCUT2D eigenvalue weighted by molar-refractivity contribution is 7.13. The summed E-state index contributed by atoms with van der Waals surface area (Å²) in [6.45, 7) is 6.79. The van der Waals surface area contributed by atoms with E-state index in [0.717, 1.165) is 12.8 Å². The lowest BCUT2D eigenvalue weighted by atomic mass is 9.96. The number of carbonyl (C=O) groups excluding carboxylic acids is 2. The predicted octanol–water partition coefficient (Wildman–Crippen LogP) is 2.37. The van der Waals surface area contributed by atoms with Crippen molar-refractivity contribution in [1.82, 2.24) is 10.3 Å². The first-order chi connectivity index (χ1) is 9.82. The van der Waals surface area contributed by atoms with Crippen LogP contribution < -0.4 is 16.4 Å². The topological polar surface area (TPSA) is 97.1 Å². The van der Waals surface area contributed by atoms with Gasteiger partial charge in [0.1, 0.15) is 0 Å². The van der Waals surface area contributed by atoms with Gasteiger partial charge in [-0.2, -0.15) is 0 Å². The Balaban J connectivity index is 0. The zero-order valence-corrected chi connectivity index (χ0v) is 16.1. The Bertz CT molecular complexity index is 489. The van der Waals surface area contributed by atoms with Crippen molar-refractivity contribution in [3.63, 3.8) is 0 Å². The van der Waals surface area contributed by atoms with E-state index in [2.05, 4.69) is 15.6 Å². The van der Waals surface area contributed by atoms with E-state index >= 15 is 0 Å². The van der Waals surface area contributed by atoms with Gasteiger partial charge in [-0.3, -0.25) is 9.59 Å². The van der Waals surface area contributed by atoms with Crippen molar-refractivity contribution in [3.05, 3.63) is 11.1 Å². The molecule has 2 amide bonds. The van der Waals surface area contributed by atoms with Gasteiger partial charge in [0, 0.05) is 17.3 Å². The van der Waals surface area contributed by atoms with Crippen LogP contribution in [0.1, 0.15) is 39.3 Å². The van der Waals surface area contributed by atoms with Crippen LogP contribution >= 0.6 is 36.2 Å².